The highest BCUT2D eigenvalue weighted by Crippen LogP contribution is 2.28. The summed E-state index contributed by atoms with van der Waals surface area (Å²) < 4.78 is 32.5. The first-order chi connectivity index (χ1) is 12.7. The molecule has 11 heteroatoms. The van der Waals surface area contributed by atoms with Gasteiger partial charge in [-0.3, -0.25) is 10.1 Å². The predicted molar refractivity (Wildman–Crippen MR) is 98.6 cm³/mol. The first kappa shape index (κ1) is 19.4. The lowest BCUT2D eigenvalue weighted by Crippen LogP contribution is -2.41. The summed E-state index contributed by atoms with van der Waals surface area (Å²) in [5.41, 5.74) is 0. The van der Waals surface area contributed by atoms with Crippen molar-refractivity contribution in [2.45, 2.75) is 10.9 Å². The number of urea groups is 1. The van der Waals surface area contributed by atoms with Gasteiger partial charge in [-0.15, -0.1) is 0 Å². The minimum absolute atomic E-state index is 0.0243. The fourth-order valence-electron chi connectivity index (χ4n) is 2.29. The van der Waals surface area contributed by atoms with Crippen LogP contribution in [0.1, 0.15) is 0 Å². The van der Waals surface area contributed by atoms with Crippen molar-refractivity contribution >= 4 is 45.2 Å². The van der Waals surface area contributed by atoms with E-state index in [2.05, 4.69) is 10.0 Å². The highest BCUT2D eigenvalue weighted by atomic mass is 35.5. The summed E-state index contributed by atoms with van der Waals surface area (Å²) in [6.07, 6.45) is 0. The normalized spacial score (nSPS) is 16.7. The quantitative estimate of drug-likeness (QED) is 0.609. The number of amides is 3. The van der Waals surface area contributed by atoms with E-state index in [4.69, 9.17) is 27.9 Å². The van der Waals surface area contributed by atoms with Crippen molar-refractivity contribution in [1.82, 2.24) is 15.4 Å². The van der Waals surface area contributed by atoms with E-state index in [0.29, 0.717) is 21.5 Å². The van der Waals surface area contributed by atoms with Crippen LogP contribution >= 0.6 is 23.2 Å². The van der Waals surface area contributed by atoms with Gasteiger partial charge in [0, 0.05) is 16.6 Å². The van der Waals surface area contributed by atoms with Gasteiger partial charge in [0.25, 0.3) is 5.91 Å². The summed E-state index contributed by atoms with van der Waals surface area (Å²) in [4.78, 5) is 22.5. The molecule has 3 N–H and O–H groups in total. The molecule has 2 aromatic rings. The van der Waals surface area contributed by atoms with E-state index in [1.54, 1.807) is 18.2 Å². The fraction of sp³-hybridized carbons (Fsp3) is 0.125. The number of carbonyl (C=O) groups is 2. The second-order valence-corrected chi connectivity index (χ2v) is 8.19. The number of hydrogen-bond acceptors (Lipinski definition) is 5. The third kappa shape index (κ3) is 4.89. The van der Waals surface area contributed by atoms with Gasteiger partial charge in [-0.2, -0.15) is 0 Å². The lowest BCUT2D eigenvalue weighted by Gasteiger charge is -2.11. The Labute approximate surface area is 164 Å². The number of benzene rings is 2. The van der Waals surface area contributed by atoms with Crippen LogP contribution in [-0.2, 0) is 14.8 Å². The van der Waals surface area contributed by atoms with Crippen molar-refractivity contribution < 1.29 is 22.7 Å². The van der Waals surface area contributed by atoms with Crippen molar-refractivity contribution in [2.75, 3.05) is 6.54 Å². The molecule has 1 aliphatic heterocycles. The number of carbonyl (C=O) groups excluding carboxylic acids is 2. The van der Waals surface area contributed by atoms with Gasteiger partial charge in [0.15, 0.2) is 0 Å². The summed E-state index contributed by atoms with van der Waals surface area (Å²) in [6, 6.07) is 8.70. The lowest BCUT2D eigenvalue weighted by atomic mass is 10.3. The average molecular weight is 430 g/mol. The zero-order valence-corrected chi connectivity index (χ0v) is 15.9. The van der Waals surface area contributed by atoms with Crippen LogP contribution < -0.4 is 20.1 Å². The van der Waals surface area contributed by atoms with Crippen LogP contribution in [0.5, 0.6) is 11.5 Å². The topological polar surface area (TPSA) is 114 Å². The Bertz CT molecular complexity index is 975. The summed E-state index contributed by atoms with van der Waals surface area (Å²) in [7, 11) is -3.87. The maximum Gasteiger partial charge on any atom is 0.322 e. The van der Waals surface area contributed by atoms with Crippen molar-refractivity contribution in [3.8, 4) is 11.5 Å². The highest BCUT2D eigenvalue weighted by Gasteiger charge is 2.30. The summed E-state index contributed by atoms with van der Waals surface area (Å²) in [6.45, 7) is -0.265. The molecule has 1 heterocycles. The molecule has 2 aromatic carbocycles. The molecule has 8 nitrogen and oxygen atoms in total. The predicted octanol–water partition coefficient (Wildman–Crippen LogP) is 2.27. The molecular weight excluding hydrogens is 417 g/mol. The Hall–Kier alpha value is -2.33. The van der Waals surface area contributed by atoms with E-state index < -0.39 is 28.0 Å². The number of rotatable bonds is 6. The second kappa shape index (κ2) is 7.73. The van der Waals surface area contributed by atoms with Gasteiger partial charge in [0.1, 0.15) is 17.5 Å². The van der Waals surface area contributed by atoms with E-state index in [0.717, 1.165) is 0 Å². The number of imide groups is 1. The van der Waals surface area contributed by atoms with Gasteiger partial charge in [0.05, 0.1) is 4.90 Å². The number of halogens is 2. The maximum atomic E-state index is 12.3. The van der Waals surface area contributed by atoms with Gasteiger partial charge in [0.2, 0.25) is 10.0 Å². The molecule has 1 aliphatic rings. The lowest BCUT2D eigenvalue weighted by molar-refractivity contribution is -0.120. The van der Waals surface area contributed by atoms with Crippen LogP contribution in [0.25, 0.3) is 0 Å². The van der Waals surface area contributed by atoms with Crippen LogP contribution in [0.2, 0.25) is 10.0 Å². The molecule has 0 bridgehead atoms. The standard InChI is InChI=1S/C16H13Cl2N3O5S/c17-9-5-10(18)7-12(6-9)26-11-1-3-13(4-2-11)27(24,25)19-8-14-15(22)21-16(23)20-14/h1-7,14,19H,8H2,(H2,20,21,22,23)/t14-/m0/s1. The molecule has 1 atom stereocenters. The minimum Gasteiger partial charge on any atom is -0.457 e. The second-order valence-electron chi connectivity index (χ2n) is 5.55. The maximum absolute atomic E-state index is 12.3. The molecule has 1 fully saturated rings. The van der Waals surface area contributed by atoms with Crippen LogP contribution in [-0.4, -0.2) is 32.9 Å². The molecule has 3 rings (SSSR count). The molecule has 0 unspecified atom stereocenters. The summed E-state index contributed by atoms with van der Waals surface area (Å²) in [5, 5.41) is 5.14. The molecule has 1 saturated heterocycles. The van der Waals surface area contributed by atoms with E-state index in [-0.39, 0.29) is 11.4 Å². The zero-order valence-electron chi connectivity index (χ0n) is 13.5. The first-order valence-electron chi connectivity index (χ1n) is 7.58. The van der Waals surface area contributed by atoms with Crippen LogP contribution in [0, 0.1) is 0 Å². The summed E-state index contributed by atoms with van der Waals surface area (Å²) >= 11 is 11.8. The molecule has 0 saturated carbocycles. The molecule has 0 spiro atoms. The third-order valence-electron chi connectivity index (χ3n) is 3.54. The number of nitrogens with one attached hydrogen (secondary N) is 3. The van der Waals surface area contributed by atoms with Crippen molar-refractivity contribution in [3.05, 3.63) is 52.5 Å². The van der Waals surface area contributed by atoms with Crippen LogP contribution in [0.3, 0.4) is 0 Å². The van der Waals surface area contributed by atoms with Crippen LogP contribution in [0.15, 0.2) is 47.4 Å². The Morgan fingerprint density at radius 3 is 2.19 bits per heavy atom. The van der Waals surface area contributed by atoms with Gasteiger partial charge in [-0.05, 0) is 42.5 Å². The monoisotopic (exact) mass is 429 g/mol. The van der Waals surface area contributed by atoms with Gasteiger partial charge in [-0.1, -0.05) is 23.2 Å². The number of ether oxygens (including phenoxy) is 1. The zero-order chi connectivity index (χ0) is 19.6. The molecule has 27 heavy (non-hydrogen) atoms. The Balaban J connectivity index is 1.66. The third-order valence-corrected chi connectivity index (χ3v) is 5.42. The minimum atomic E-state index is -3.87. The molecule has 3 amide bonds. The summed E-state index contributed by atoms with van der Waals surface area (Å²) in [5.74, 6) is 0.200. The van der Waals surface area contributed by atoms with Gasteiger partial charge in [-0.25, -0.2) is 17.9 Å². The largest absolute Gasteiger partial charge is 0.457 e. The fourth-order valence-corrected chi connectivity index (χ4v) is 3.84. The highest BCUT2D eigenvalue weighted by molar-refractivity contribution is 7.89. The van der Waals surface area contributed by atoms with Gasteiger partial charge < -0.3 is 10.1 Å². The molecular formula is C16H13Cl2N3O5S. The van der Waals surface area contributed by atoms with E-state index in [1.165, 1.54) is 24.3 Å². The first-order valence-corrected chi connectivity index (χ1v) is 9.82. The van der Waals surface area contributed by atoms with Crippen molar-refractivity contribution in [2.24, 2.45) is 0 Å². The molecule has 0 radical (unpaired) electrons. The van der Waals surface area contributed by atoms with E-state index >= 15 is 0 Å². The van der Waals surface area contributed by atoms with E-state index in [9.17, 15) is 18.0 Å². The van der Waals surface area contributed by atoms with E-state index in [1.807, 2.05) is 5.32 Å². The Kier molecular flexibility index (Phi) is 5.56. The number of sulfonamides is 1. The Morgan fingerprint density at radius 1 is 1.00 bits per heavy atom. The van der Waals surface area contributed by atoms with Crippen LogP contribution in [0.4, 0.5) is 4.79 Å². The molecule has 0 aliphatic carbocycles. The molecule has 0 aromatic heterocycles. The smallest absolute Gasteiger partial charge is 0.322 e. The van der Waals surface area contributed by atoms with Crippen molar-refractivity contribution in [1.29, 1.82) is 0 Å². The Morgan fingerprint density at radius 2 is 1.63 bits per heavy atom. The molecule has 142 valence electrons. The average Bonchev–Trinajstić information content (AvgIpc) is 2.90. The van der Waals surface area contributed by atoms with Gasteiger partial charge >= 0.3 is 6.03 Å². The van der Waals surface area contributed by atoms with Crippen molar-refractivity contribution in [3.63, 3.8) is 0 Å². The SMILES string of the molecule is O=C1NC(=O)[C@H](CNS(=O)(=O)c2ccc(Oc3cc(Cl)cc(Cl)c3)cc2)N1. The number of hydrogen-bond donors (Lipinski definition) is 3.